The molecule has 1 saturated carbocycles. The Morgan fingerprint density at radius 2 is 2.13 bits per heavy atom. The Hall–Kier alpha value is -0.570. The van der Waals surface area contributed by atoms with E-state index >= 15 is 0 Å². The molecule has 3 nitrogen and oxygen atoms in total. The smallest absolute Gasteiger partial charge is 0.223 e. The van der Waals surface area contributed by atoms with Gasteiger partial charge in [0, 0.05) is 25.0 Å². The third-order valence-corrected chi connectivity index (χ3v) is 3.93. The Morgan fingerprint density at radius 1 is 1.40 bits per heavy atom. The molecular formula is C12H22N2O. The van der Waals surface area contributed by atoms with Gasteiger partial charge < -0.3 is 10.6 Å². The zero-order valence-corrected chi connectivity index (χ0v) is 9.61. The minimum Gasteiger partial charge on any atom is -0.340 e. The van der Waals surface area contributed by atoms with Gasteiger partial charge >= 0.3 is 0 Å². The second kappa shape index (κ2) is 4.52. The maximum atomic E-state index is 12.0. The number of likely N-dealkylation sites (tertiary alicyclic amines) is 1. The maximum absolute atomic E-state index is 12.0. The average Bonchev–Trinajstić information content (AvgIpc) is 2.11. The number of carbonyl (C=O) groups is 1. The summed E-state index contributed by atoms with van der Waals surface area (Å²) in [5, 5.41) is 0. The Balaban J connectivity index is 1.83. The predicted molar refractivity (Wildman–Crippen MR) is 60.3 cm³/mol. The summed E-state index contributed by atoms with van der Waals surface area (Å²) in [6.45, 7) is 2.99. The van der Waals surface area contributed by atoms with Gasteiger partial charge in [-0.05, 0) is 38.5 Å². The lowest BCUT2D eigenvalue weighted by Crippen LogP contribution is -2.48. The number of rotatable bonds is 2. The van der Waals surface area contributed by atoms with Crippen molar-refractivity contribution in [1.82, 2.24) is 4.90 Å². The van der Waals surface area contributed by atoms with Gasteiger partial charge in [0.15, 0.2) is 0 Å². The molecule has 0 aromatic heterocycles. The molecule has 0 bridgehead atoms. The predicted octanol–water partition coefficient (Wildman–Crippen LogP) is 1.51. The number of amides is 1. The average molecular weight is 210 g/mol. The van der Waals surface area contributed by atoms with E-state index in [1.807, 2.05) is 4.90 Å². The zero-order chi connectivity index (χ0) is 10.8. The second-order valence-corrected chi connectivity index (χ2v) is 5.22. The van der Waals surface area contributed by atoms with E-state index in [2.05, 4.69) is 6.92 Å². The molecule has 2 atom stereocenters. The van der Waals surface area contributed by atoms with Crippen molar-refractivity contribution in [2.75, 3.05) is 6.54 Å². The molecule has 1 heterocycles. The first-order valence-electron chi connectivity index (χ1n) is 6.22. The summed E-state index contributed by atoms with van der Waals surface area (Å²) < 4.78 is 0. The topological polar surface area (TPSA) is 46.3 Å². The van der Waals surface area contributed by atoms with E-state index in [1.165, 1.54) is 19.3 Å². The number of piperidine rings is 1. The third-order valence-electron chi connectivity index (χ3n) is 3.93. The third kappa shape index (κ3) is 2.51. The molecule has 2 aliphatic rings. The number of nitrogens with zero attached hydrogens (tertiary/aromatic N) is 1. The maximum Gasteiger partial charge on any atom is 0.223 e. The van der Waals surface area contributed by atoms with Crippen molar-refractivity contribution in [2.45, 2.75) is 57.5 Å². The molecule has 3 heteroatoms. The number of hydrogen-bond acceptors (Lipinski definition) is 2. The van der Waals surface area contributed by atoms with E-state index in [4.69, 9.17) is 5.73 Å². The quantitative estimate of drug-likeness (QED) is 0.751. The molecule has 2 fully saturated rings. The van der Waals surface area contributed by atoms with Crippen LogP contribution in [0.5, 0.6) is 0 Å². The number of hydrogen-bond donors (Lipinski definition) is 1. The molecule has 86 valence electrons. The van der Waals surface area contributed by atoms with Gasteiger partial charge in [-0.3, -0.25) is 4.79 Å². The monoisotopic (exact) mass is 210 g/mol. The van der Waals surface area contributed by atoms with E-state index in [0.29, 0.717) is 23.9 Å². The first-order chi connectivity index (χ1) is 7.16. The summed E-state index contributed by atoms with van der Waals surface area (Å²) in [5.41, 5.74) is 5.89. The number of nitrogens with two attached hydrogens (primary N) is 1. The van der Waals surface area contributed by atoms with Crippen LogP contribution in [0.2, 0.25) is 0 Å². The molecule has 1 aliphatic heterocycles. The van der Waals surface area contributed by atoms with Gasteiger partial charge in [-0.1, -0.05) is 6.42 Å². The molecule has 2 rings (SSSR count). The summed E-state index contributed by atoms with van der Waals surface area (Å²) in [5.74, 6) is 1.04. The molecule has 2 N–H and O–H groups in total. The van der Waals surface area contributed by atoms with Gasteiger partial charge in [0.1, 0.15) is 0 Å². The highest BCUT2D eigenvalue weighted by Gasteiger charge is 2.29. The molecule has 1 saturated heterocycles. The molecule has 0 aromatic carbocycles. The van der Waals surface area contributed by atoms with Crippen LogP contribution in [0.25, 0.3) is 0 Å². The first kappa shape index (κ1) is 10.9. The van der Waals surface area contributed by atoms with Crippen LogP contribution in [-0.2, 0) is 4.79 Å². The largest absolute Gasteiger partial charge is 0.340 e. The second-order valence-electron chi connectivity index (χ2n) is 5.22. The summed E-state index contributed by atoms with van der Waals surface area (Å²) in [4.78, 5) is 14.0. The van der Waals surface area contributed by atoms with Crippen LogP contribution < -0.4 is 5.73 Å². The van der Waals surface area contributed by atoms with Gasteiger partial charge in [-0.25, -0.2) is 0 Å². The Morgan fingerprint density at radius 3 is 2.67 bits per heavy atom. The highest BCUT2D eigenvalue weighted by atomic mass is 16.2. The molecule has 15 heavy (non-hydrogen) atoms. The van der Waals surface area contributed by atoms with E-state index in [-0.39, 0.29) is 0 Å². The minimum absolute atomic E-state index is 0.299. The molecule has 1 amide bonds. The zero-order valence-electron chi connectivity index (χ0n) is 9.61. The van der Waals surface area contributed by atoms with Gasteiger partial charge in [-0.15, -0.1) is 0 Å². The molecule has 0 radical (unpaired) electrons. The van der Waals surface area contributed by atoms with Crippen molar-refractivity contribution in [1.29, 1.82) is 0 Å². The SMILES string of the molecule is CC1CC(N)CCN1C(=O)CC1CCC1. The van der Waals surface area contributed by atoms with Crippen molar-refractivity contribution < 1.29 is 4.79 Å². The first-order valence-corrected chi connectivity index (χ1v) is 6.22. The van der Waals surface area contributed by atoms with Crippen LogP contribution in [0, 0.1) is 5.92 Å². The van der Waals surface area contributed by atoms with Crippen molar-refractivity contribution in [3.63, 3.8) is 0 Å². The van der Waals surface area contributed by atoms with Crippen LogP contribution in [0.3, 0.4) is 0 Å². The van der Waals surface area contributed by atoms with Crippen LogP contribution in [0.1, 0.15) is 45.4 Å². The van der Waals surface area contributed by atoms with Crippen molar-refractivity contribution in [2.24, 2.45) is 11.7 Å². The number of carbonyl (C=O) groups excluding carboxylic acids is 1. The van der Waals surface area contributed by atoms with E-state index in [0.717, 1.165) is 25.8 Å². The summed E-state index contributed by atoms with van der Waals surface area (Å²) in [6, 6.07) is 0.647. The fraction of sp³-hybridized carbons (Fsp3) is 0.917. The van der Waals surface area contributed by atoms with E-state index < -0.39 is 0 Å². The van der Waals surface area contributed by atoms with Crippen LogP contribution >= 0.6 is 0 Å². The Kier molecular flexibility index (Phi) is 3.29. The van der Waals surface area contributed by atoms with E-state index in [9.17, 15) is 4.79 Å². The minimum atomic E-state index is 0.299. The van der Waals surface area contributed by atoms with Gasteiger partial charge in [-0.2, -0.15) is 0 Å². The normalized spacial score (nSPS) is 32.5. The van der Waals surface area contributed by atoms with Crippen molar-refractivity contribution in [3.05, 3.63) is 0 Å². The molecule has 1 aliphatic carbocycles. The van der Waals surface area contributed by atoms with Gasteiger partial charge in [0.25, 0.3) is 0 Å². The summed E-state index contributed by atoms with van der Waals surface area (Å²) in [7, 11) is 0. The van der Waals surface area contributed by atoms with E-state index in [1.54, 1.807) is 0 Å². The summed E-state index contributed by atoms with van der Waals surface area (Å²) in [6.07, 6.45) is 6.55. The standard InChI is InChI=1S/C12H22N2O/c1-9-7-11(13)5-6-14(9)12(15)8-10-3-2-4-10/h9-11H,2-8,13H2,1H3. The lowest BCUT2D eigenvalue weighted by molar-refractivity contribution is -0.136. The molecular weight excluding hydrogens is 188 g/mol. The van der Waals surface area contributed by atoms with Crippen LogP contribution in [0.15, 0.2) is 0 Å². The Labute approximate surface area is 92.0 Å². The molecule has 2 unspecified atom stereocenters. The van der Waals surface area contributed by atoms with Crippen LogP contribution in [-0.4, -0.2) is 29.4 Å². The molecule has 0 spiro atoms. The fourth-order valence-corrected chi connectivity index (χ4v) is 2.64. The fourth-order valence-electron chi connectivity index (χ4n) is 2.64. The lowest BCUT2D eigenvalue weighted by Gasteiger charge is -2.38. The van der Waals surface area contributed by atoms with Gasteiger partial charge in [0.05, 0.1) is 0 Å². The molecule has 0 aromatic rings. The summed E-state index contributed by atoms with van der Waals surface area (Å²) >= 11 is 0. The van der Waals surface area contributed by atoms with Crippen molar-refractivity contribution >= 4 is 5.91 Å². The van der Waals surface area contributed by atoms with Gasteiger partial charge in [0.2, 0.25) is 5.91 Å². The van der Waals surface area contributed by atoms with Crippen LogP contribution in [0.4, 0.5) is 0 Å². The Bertz CT molecular complexity index is 238. The highest BCUT2D eigenvalue weighted by Crippen LogP contribution is 2.30. The van der Waals surface area contributed by atoms with Crippen molar-refractivity contribution in [3.8, 4) is 0 Å². The lowest BCUT2D eigenvalue weighted by atomic mass is 9.82. The highest BCUT2D eigenvalue weighted by molar-refractivity contribution is 5.77.